The molecule has 3 N–H and O–H groups in total. The van der Waals surface area contributed by atoms with Gasteiger partial charge in [-0.1, -0.05) is 36.6 Å². The Morgan fingerprint density at radius 1 is 1.14 bits per heavy atom. The molecule has 2 fully saturated rings. The topological polar surface area (TPSA) is 46.2 Å². The Morgan fingerprint density at radius 3 is 2.76 bits per heavy atom. The first kappa shape index (κ1) is 14.0. The summed E-state index contributed by atoms with van der Waals surface area (Å²) in [6.07, 6.45) is 13.0. The summed E-state index contributed by atoms with van der Waals surface area (Å²) in [7, 11) is 0. The van der Waals surface area contributed by atoms with Gasteiger partial charge in [-0.2, -0.15) is 0 Å². The highest BCUT2D eigenvalue weighted by atomic mass is 16.3. The zero-order valence-electron chi connectivity index (χ0n) is 13.5. The van der Waals surface area contributed by atoms with E-state index in [0.29, 0.717) is 5.41 Å². The number of nitrogens with two attached hydrogens (primary N) is 1. The molecule has 2 nitrogen and oxygen atoms in total. The predicted molar refractivity (Wildman–Crippen MR) is 85.5 cm³/mol. The van der Waals surface area contributed by atoms with E-state index >= 15 is 0 Å². The van der Waals surface area contributed by atoms with Gasteiger partial charge in [-0.3, -0.25) is 0 Å². The summed E-state index contributed by atoms with van der Waals surface area (Å²) in [5, 5.41) is 10.7. The average Bonchev–Trinajstić information content (AvgIpc) is 2.69. The standard InChI is InChI=1S/C19H29NO/c1-17-10-4-3-5-13(17)6-7-14-15(17)8-11-18(2)16(14)9-12-19(18,20)21/h5,15,21H,3-4,6-12,20H2,1-2H3/t15-,17+,18+,19?/m1/s1. The lowest BCUT2D eigenvalue weighted by Gasteiger charge is -2.53. The molecule has 4 aliphatic carbocycles. The molecular formula is C19H29NO. The Kier molecular flexibility index (Phi) is 2.83. The van der Waals surface area contributed by atoms with Crippen LogP contribution >= 0.6 is 0 Å². The van der Waals surface area contributed by atoms with Gasteiger partial charge < -0.3 is 10.8 Å². The lowest BCUT2D eigenvalue weighted by molar-refractivity contribution is -0.0468. The van der Waals surface area contributed by atoms with Crippen LogP contribution in [0, 0.1) is 16.7 Å². The number of rotatable bonds is 0. The highest BCUT2D eigenvalue weighted by Gasteiger charge is 2.57. The number of aliphatic hydroxyl groups is 1. The SMILES string of the molecule is C[C@]12CCCC=C1CCC1=C3CCC(N)(O)[C@@]3(C)CC[C@H]12. The van der Waals surface area contributed by atoms with Crippen molar-refractivity contribution in [2.75, 3.05) is 0 Å². The summed E-state index contributed by atoms with van der Waals surface area (Å²) < 4.78 is 0. The van der Waals surface area contributed by atoms with E-state index in [1.165, 1.54) is 44.1 Å². The number of hydrogen-bond donors (Lipinski definition) is 2. The largest absolute Gasteiger partial charge is 0.375 e. The fourth-order valence-corrected chi connectivity index (χ4v) is 6.05. The molecule has 0 spiro atoms. The summed E-state index contributed by atoms with van der Waals surface area (Å²) in [6, 6.07) is 0. The predicted octanol–water partition coefficient (Wildman–Crippen LogP) is 4.05. The molecule has 0 aromatic carbocycles. The van der Waals surface area contributed by atoms with Crippen molar-refractivity contribution in [3.63, 3.8) is 0 Å². The van der Waals surface area contributed by atoms with Crippen LogP contribution in [0.4, 0.5) is 0 Å². The van der Waals surface area contributed by atoms with Gasteiger partial charge in [-0.25, -0.2) is 0 Å². The van der Waals surface area contributed by atoms with Crippen LogP contribution in [0.1, 0.15) is 71.6 Å². The Labute approximate surface area is 128 Å². The van der Waals surface area contributed by atoms with Gasteiger partial charge in [-0.15, -0.1) is 0 Å². The van der Waals surface area contributed by atoms with E-state index in [1.54, 1.807) is 11.1 Å². The minimum atomic E-state index is -0.982. The third-order valence-electron chi connectivity index (χ3n) is 7.58. The van der Waals surface area contributed by atoms with Gasteiger partial charge in [0.15, 0.2) is 0 Å². The van der Waals surface area contributed by atoms with Crippen LogP contribution < -0.4 is 5.73 Å². The monoisotopic (exact) mass is 287 g/mol. The second-order valence-electron chi connectivity index (χ2n) is 8.39. The fraction of sp³-hybridized carbons (Fsp3) is 0.789. The molecule has 0 radical (unpaired) electrons. The van der Waals surface area contributed by atoms with Gasteiger partial charge in [0.2, 0.25) is 0 Å². The molecule has 0 heterocycles. The van der Waals surface area contributed by atoms with E-state index in [-0.39, 0.29) is 5.41 Å². The van der Waals surface area contributed by atoms with Gasteiger partial charge in [-0.05, 0) is 69.1 Å². The molecule has 4 atom stereocenters. The van der Waals surface area contributed by atoms with Crippen LogP contribution in [0.15, 0.2) is 22.8 Å². The van der Waals surface area contributed by atoms with Crippen molar-refractivity contribution in [3.05, 3.63) is 22.8 Å². The molecule has 1 unspecified atom stereocenters. The lowest BCUT2D eigenvalue weighted by atomic mass is 9.52. The molecule has 0 aromatic rings. The van der Waals surface area contributed by atoms with Crippen molar-refractivity contribution in [1.82, 2.24) is 0 Å². The Hall–Kier alpha value is -0.600. The van der Waals surface area contributed by atoms with Gasteiger partial charge in [0.25, 0.3) is 0 Å². The minimum absolute atomic E-state index is 0.162. The normalized spacial score (nSPS) is 49.3. The Morgan fingerprint density at radius 2 is 1.95 bits per heavy atom. The highest BCUT2D eigenvalue weighted by Crippen LogP contribution is 2.63. The quantitative estimate of drug-likeness (QED) is 0.521. The van der Waals surface area contributed by atoms with E-state index in [1.807, 2.05) is 0 Å². The van der Waals surface area contributed by atoms with E-state index < -0.39 is 5.72 Å². The molecule has 2 saturated carbocycles. The van der Waals surface area contributed by atoms with Crippen LogP contribution in [-0.2, 0) is 0 Å². The zero-order valence-corrected chi connectivity index (χ0v) is 13.5. The molecule has 0 saturated heterocycles. The Bertz CT molecular complexity index is 544. The van der Waals surface area contributed by atoms with Gasteiger partial charge in [0.1, 0.15) is 5.72 Å². The number of allylic oxidation sites excluding steroid dienone is 3. The van der Waals surface area contributed by atoms with Crippen molar-refractivity contribution in [3.8, 4) is 0 Å². The highest BCUT2D eigenvalue weighted by molar-refractivity contribution is 5.40. The van der Waals surface area contributed by atoms with Crippen molar-refractivity contribution >= 4 is 0 Å². The average molecular weight is 287 g/mol. The van der Waals surface area contributed by atoms with Gasteiger partial charge in [0.05, 0.1) is 0 Å². The third-order valence-corrected chi connectivity index (χ3v) is 7.58. The maximum absolute atomic E-state index is 10.7. The van der Waals surface area contributed by atoms with Crippen LogP contribution in [0.5, 0.6) is 0 Å². The van der Waals surface area contributed by atoms with E-state index in [4.69, 9.17) is 5.73 Å². The molecule has 0 amide bonds. The fourth-order valence-electron chi connectivity index (χ4n) is 6.05. The van der Waals surface area contributed by atoms with Crippen molar-refractivity contribution in [2.45, 2.75) is 77.4 Å². The van der Waals surface area contributed by atoms with Crippen molar-refractivity contribution in [1.29, 1.82) is 0 Å². The van der Waals surface area contributed by atoms with Crippen LogP contribution in [0.3, 0.4) is 0 Å². The molecule has 4 rings (SSSR count). The summed E-state index contributed by atoms with van der Waals surface area (Å²) in [5.41, 5.74) is 10.5. The second-order valence-corrected chi connectivity index (χ2v) is 8.39. The smallest absolute Gasteiger partial charge is 0.122 e. The summed E-state index contributed by atoms with van der Waals surface area (Å²) >= 11 is 0. The molecule has 0 bridgehead atoms. The van der Waals surface area contributed by atoms with E-state index in [9.17, 15) is 5.11 Å². The lowest BCUT2D eigenvalue weighted by Crippen LogP contribution is -2.53. The zero-order chi connectivity index (χ0) is 14.9. The maximum Gasteiger partial charge on any atom is 0.122 e. The first-order valence-corrected chi connectivity index (χ1v) is 8.82. The Balaban J connectivity index is 1.81. The molecular weight excluding hydrogens is 258 g/mol. The van der Waals surface area contributed by atoms with Crippen LogP contribution in [0.25, 0.3) is 0 Å². The van der Waals surface area contributed by atoms with Gasteiger partial charge >= 0.3 is 0 Å². The van der Waals surface area contributed by atoms with Gasteiger partial charge in [0, 0.05) is 5.41 Å². The van der Waals surface area contributed by atoms with Crippen molar-refractivity contribution < 1.29 is 5.11 Å². The molecule has 0 aliphatic heterocycles. The number of hydrogen-bond acceptors (Lipinski definition) is 2. The summed E-state index contributed by atoms with van der Waals surface area (Å²) in [4.78, 5) is 0. The molecule has 116 valence electrons. The van der Waals surface area contributed by atoms with E-state index in [2.05, 4.69) is 19.9 Å². The molecule has 0 aromatic heterocycles. The number of fused-ring (bicyclic) bond motifs is 4. The van der Waals surface area contributed by atoms with Crippen molar-refractivity contribution in [2.24, 2.45) is 22.5 Å². The third kappa shape index (κ3) is 1.66. The molecule has 2 heteroatoms. The van der Waals surface area contributed by atoms with Crippen LogP contribution in [0.2, 0.25) is 0 Å². The first-order chi connectivity index (χ1) is 9.88. The van der Waals surface area contributed by atoms with E-state index in [0.717, 1.165) is 25.2 Å². The minimum Gasteiger partial charge on any atom is -0.375 e. The first-order valence-electron chi connectivity index (χ1n) is 8.82. The second kappa shape index (κ2) is 4.23. The summed E-state index contributed by atoms with van der Waals surface area (Å²) in [6.45, 7) is 4.72. The van der Waals surface area contributed by atoms with Crippen LogP contribution in [-0.4, -0.2) is 10.8 Å². The molecule has 21 heavy (non-hydrogen) atoms. The molecule has 4 aliphatic rings. The maximum atomic E-state index is 10.7. The summed E-state index contributed by atoms with van der Waals surface area (Å²) in [5.74, 6) is 0.717.